The first-order valence-electron chi connectivity index (χ1n) is 7.04. The molecule has 0 aromatic heterocycles. The third kappa shape index (κ3) is 3.05. The number of carbonyl (C=O) groups excluding carboxylic acids is 1. The highest BCUT2D eigenvalue weighted by Crippen LogP contribution is 2.29. The van der Waals surface area contributed by atoms with Crippen molar-refractivity contribution in [3.8, 4) is 0 Å². The summed E-state index contributed by atoms with van der Waals surface area (Å²) in [5, 5.41) is 11.5. The van der Waals surface area contributed by atoms with Gasteiger partial charge in [-0.1, -0.05) is 49.4 Å². The molecule has 0 fully saturated rings. The highest BCUT2D eigenvalue weighted by molar-refractivity contribution is 5.92. The van der Waals surface area contributed by atoms with Gasteiger partial charge in [-0.3, -0.25) is 4.79 Å². The van der Waals surface area contributed by atoms with Crippen molar-refractivity contribution < 1.29 is 14.7 Å². The highest BCUT2D eigenvalue weighted by Gasteiger charge is 2.30. The van der Waals surface area contributed by atoms with Gasteiger partial charge in [-0.05, 0) is 22.8 Å². The molecule has 0 aliphatic heterocycles. The van der Waals surface area contributed by atoms with E-state index in [0.29, 0.717) is 18.5 Å². The molecule has 0 bridgehead atoms. The Balaban J connectivity index is 2.60. The average Bonchev–Trinajstić information content (AvgIpc) is 2.46. The van der Waals surface area contributed by atoms with Gasteiger partial charge in [-0.15, -0.1) is 0 Å². The van der Waals surface area contributed by atoms with Crippen LogP contribution in [0.2, 0.25) is 0 Å². The maximum absolute atomic E-state index is 11.9. The number of amides is 1. The van der Waals surface area contributed by atoms with E-state index in [0.717, 1.165) is 10.8 Å². The number of benzene rings is 2. The molecule has 1 atom stereocenters. The lowest BCUT2D eigenvalue weighted by Crippen LogP contribution is -2.38. The van der Waals surface area contributed by atoms with Gasteiger partial charge in [0.25, 0.3) is 0 Å². The molecule has 0 heterocycles. The Labute approximate surface area is 124 Å². The van der Waals surface area contributed by atoms with Crippen LogP contribution in [0, 0.1) is 0 Å². The van der Waals surface area contributed by atoms with Crippen LogP contribution in [0.15, 0.2) is 42.5 Å². The molecule has 0 spiro atoms. The Morgan fingerprint density at radius 3 is 2.43 bits per heavy atom. The van der Waals surface area contributed by atoms with E-state index in [2.05, 4.69) is 0 Å². The molecule has 0 saturated heterocycles. The monoisotopic (exact) mass is 285 g/mol. The summed E-state index contributed by atoms with van der Waals surface area (Å²) >= 11 is 0. The minimum absolute atomic E-state index is 0.225. The maximum atomic E-state index is 11.9. The number of hydrogen-bond donors (Lipinski definition) is 1. The van der Waals surface area contributed by atoms with Gasteiger partial charge in [0.15, 0.2) is 6.04 Å². The zero-order valence-corrected chi connectivity index (χ0v) is 12.2. The van der Waals surface area contributed by atoms with Gasteiger partial charge < -0.3 is 10.0 Å². The Morgan fingerprint density at radius 2 is 1.81 bits per heavy atom. The Morgan fingerprint density at radius 1 is 1.14 bits per heavy atom. The largest absolute Gasteiger partial charge is 0.479 e. The van der Waals surface area contributed by atoms with E-state index in [4.69, 9.17) is 0 Å². The number of rotatable bonds is 5. The summed E-state index contributed by atoms with van der Waals surface area (Å²) in [6.45, 7) is 3.77. The number of carboxylic acid groups (broad SMARTS) is 1. The lowest BCUT2D eigenvalue weighted by atomic mass is 9.97. The minimum Gasteiger partial charge on any atom is -0.479 e. The normalized spacial score (nSPS) is 12.1. The van der Waals surface area contributed by atoms with Crippen LogP contribution in [-0.4, -0.2) is 28.4 Å². The van der Waals surface area contributed by atoms with E-state index in [-0.39, 0.29) is 5.91 Å². The molecule has 4 nitrogen and oxygen atoms in total. The molecule has 0 radical (unpaired) electrons. The first kappa shape index (κ1) is 15.0. The van der Waals surface area contributed by atoms with Crippen molar-refractivity contribution in [1.29, 1.82) is 0 Å². The van der Waals surface area contributed by atoms with E-state index < -0.39 is 12.0 Å². The molecule has 2 rings (SSSR count). The molecule has 1 N–H and O–H groups in total. The van der Waals surface area contributed by atoms with Gasteiger partial charge in [-0.2, -0.15) is 0 Å². The van der Waals surface area contributed by atoms with Crippen molar-refractivity contribution >= 4 is 22.6 Å². The highest BCUT2D eigenvalue weighted by atomic mass is 16.4. The molecule has 0 aliphatic rings. The number of aliphatic carboxylic acids is 1. The standard InChI is InChI=1S/C17H19NO3/c1-3-11-18(12(2)19)16(17(20)21)15-10-6-8-13-7-4-5-9-14(13)15/h4-10,16H,3,11H2,1-2H3,(H,20,21). The number of hydrogen-bond acceptors (Lipinski definition) is 2. The summed E-state index contributed by atoms with van der Waals surface area (Å²) in [5.41, 5.74) is 0.657. The molecule has 1 amide bonds. The zero-order chi connectivity index (χ0) is 15.4. The van der Waals surface area contributed by atoms with Gasteiger partial charge >= 0.3 is 5.97 Å². The van der Waals surface area contributed by atoms with Crippen LogP contribution in [0.25, 0.3) is 10.8 Å². The van der Waals surface area contributed by atoms with Crippen LogP contribution in [-0.2, 0) is 9.59 Å². The van der Waals surface area contributed by atoms with Gasteiger partial charge in [0.05, 0.1) is 0 Å². The van der Waals surface area contributed by atoms with Gasteiger partial charge in [0.1, 0.15) is 0 Å². The molecular weight excluding hydrogens is 266 g/mol. The van der Waals surface area contributed by atoms with Gasteiger partial charge in [0, 0.05) is 13.5 Å². The van der Waals surface area contributed by atoms with Crippen LogP contribution in [0.5, 0.6) is 0 Å². The molecule has 2 aromatic carbocycles. The lowest BCUT2D eigenvalue weighted by Gasteiger charge is -2.28. The van der Waals surface area contributed by atoms with Crippen molar-refractivity contribution in [2.24, 2.45) is 0 Å². The molecule has 1 unspecified atom stereocenters. The number of carbonyl (C=O) groups is 2. The first-order chi connectivity index (χ1) is 10.1. The van der Waals surface area contributed by atoms with E-state index in [1.807, 2.05) is 43.3 Å². The number of fused-ring (bicyclic) bond motifs is 1. The van der Waals surface area contributed by atoms with E-state index in [1.54, 1.807) is 6.07 Å². The first-order valence-corrected chi connectivity index (χ1v) is 7.04. The van der Waals surface area contributed by atoms with Gasteiger partial charge in [0.2, 0.25) is 5.91 Å². The van der Waals surface area contributed by atoms with Crippen LogP contribution in [0.4, 0.5) is 0 Å². The summed E-state index contributed by atoms with van der Waals surface area (Å²) in [4.78, 5) is 25.0. The quantitative estimate of drug-likeness (QED) is 0.917. The number of carboxylic acids is 1. The topological polar surface area (TPSA) is 57.6 Å². The smallest absolute Gasteiger partial charge is 0.331 e. The SMILES string of the molecule is CCCN(C(C)=O)C(C(=O)O)c1cccc2ccccc12. The second kappa shape index (κ2) is 6.39. The summed E-state index contributed by atoms with van der Waals surface area (Å²) in [6.07, 6.45) is 0.716. The Bertz CT molecular complexity index is 661. The summed E-state index contributed by atoms with van der Waals surface area (Å²) in [7, 11) is 0. The van der Waals surface area contributed by atoms with Crippen molar-refractivity contribution in [2.45, 2.75) is 26.3 Å². The van der Waals surface area contributed by atoms with Crippen molar-refractivity contribution in [1.82, 2.24) is 4.90 Å². The summed E-state index contributed by atoms with van der Waals surface area (Å²) < 4.78 is 0. The summed E-state index contributed by atoms with van der Waals surface area (Å²) in [6, 6.07) is 12.2. The van der Waals surface area contributed by atoms with E-state index in [1.165, 1.54) is 11.8 Å². The lowest BCUT2D eigenvalue weighted by molar-refractivity contribution is -0.149. The van der Waals surface area contributed by atoms with Crippen LogP contribution < -0.4 is 0 Å². The van der Waals surface area contributed by atoms with Gasteiger partial charge in [-0.25, -0.2) is 4.79 Å². The zero-order valence-electron chi connectivity index (χ0n) is 12.2. The fourth-order valence-corrected chi connectivity index (χ4v) is 2.63. The molecule has 110 valence electrons. The predicted molar refractivity (Wildman–Crippen MR) is 82.0 cm³/mol. The Kier molecular flexibility index (Phi) is 4.58. The van der Waals surface area contributed by atoms with Crippen molar-refractivity contribution in [3.05, 3.63) is 48.0 Å². The van der Waals surface area contributed by atoms with Crippen molar-refractivity contribution in [3.63, 3.8) is 0 Å². The second-order valence-corrected chi connectivity index (χ2v) is 5.02. The molecular formula is C17H19NO3. The van der Waals surface area contributed by atoms with Crippen LogP contribution >= 0.6 is 0 Å². The summed E-state index contributed by atoms with van der Waals surface area (Å²) in [5.74, 6) is -1.23. The second-order valence-electron chi connectivity index (χ2n) is 5.02. The third-order valence-electron chi connectivity index (χ3n) is 3.53. The Hall–Kier alpha value is -2.36. The fraction of sp³-hybridized carbons (Fsp3) is 0.294. The van der Waals surface area contributed by atoms with E-state index >= 15 is 0 Å². The minimum atomic E-state index is -1.00. The molecule has 4 heteroatoms. The fourth-order valence-electron chi connectivity index (χ4n) is 2.63. The van der Waals surface area contributed by atoms with Crippen LogP contribution in [0.1, 0.15) is 31.9 Å². The molecule has 0 aliphatic carbocycles. The third-order valence-corrected chi connectivity index (χ3v) is 3.53. The molecule has 21 heavy (non-hydrogen) atoms. The van der Waals surface area contributed by atoms with E-state index in [9.17, 15) is 14.7 Å². The predicted octanol–water partition coefficient (Wildman–Crippen LogP) is 3.22. The van der Waals surface area contributed by atoms with Crippen LogP contribution in [0.3, 0.4) is 0 Å². The molecule has 2 aromatic rings. The average molecular weight is 285 g/mol. The van der Waals surface area contributed by atoms with Crippen molar-refractivity contribution in [2.75, 3.05) is 6.54 Å². The molecule has 0 saturated carbocycles. The maximum Gasteiger partial charge on any atom is 0.331 e. The number of nitrogens with zero attached hydrogens (tertiary/aromatic N) is 1.